The highest BCUT2D eigenvalue weighted by molar-refractivity contribution is 9.10. The topological polar surface area (TPSA) is 43.8 Å². The molecule has 0 spiro atoms. The van der Waals surface area contributed by atoms with Crippen LogP contribution in [0.3, 0.4) is 0 Å². The minimum absolute atomic E-state index is 0.160. The van der Waals surface area contributed by atoms with Crippen molar-refractivity contribution >= 4 is 15.9 Å². The number of benzene rings is 1. The fourth-order valence-corrected chi connectivity index (χ4v) is 3.03. The van der Waals surface area contributed by atoms with Gasteiger partial charge in [-0.05, 0) is 39.4 Å². The number of rotatable bonds is 2. The van der Waals surface area contributed by atoms with E-state index in [0.29, 0.717) is 6.54 Å². The number of hydrogen-bond acceptors (Lipinski definition) is 2. The van der Waals surface area contributed by atoms with Crippen LogP contribution in [0.5, 0.6) is 0 Å². The van der Waals surface area contributed by atoms with Gasteiger partial charge in [-0.3, -0.25) is 4.68 Å². The van der Waals surface area contributed by atoms with E-state index in [1.54, 1.807) is 0 Å². The van der Waals surface area contributed by atoms with Crippen LogP contribution in [0, 0.1) is 6.92 Å². The van der Waals surface area contributed by atoms with Gasteiger partial charge < -0.3 is 5.73 Å². The lowest BCUT2D eigenvalue weighted by Crippen LogP contribution is -2.11. The summed E-state index contributed by atoms with van der Waals surface area (Å²) in [6.07, 6.45) is 0. The molecule has 0 fully saturated rings. The first-order valence-corrected chi connectivity index (χ1v) is 7.58. The van der Waals surface area contributed by atoms with Crippen molar-refractivity contribution in [2.45, 2.75) is 39.7 Å². The Balaban J connectivity index is 2.55. The first-order valence-electron chi connectivity index (χ1n) is 6.78. The molecule has 0 aliphatic heterocycles. The molecule has 108 valence electrons. The van der Waals surface area contributed by atoms with Gasteiger partial charge in [-0.25, -0.2) is 0 Å². The smallest absolute Gasteiger partial charge is 0.107 e. The molecule has 0 atom stereocenters. The van der Waals surface area contributed by atoms with Crippen LogP contribution in [-0.4, -0.2) is 9.78 Å². The highest BCUT2D eigenvalue weighted by atomic mass is 79.9. The summed E-state index contributed by atoms with van der Waals surface area (Å²) < 4.78 is 2.84. The monoisotopic (exact) mass is 335 g/mol. The number of nitrogens with zero attached hydrogens (tertiary/aromatic N) is 2. The van der Waals surface area contributed by atoms with Crippen LogP contribution in [0.1, 0.15) is 37.6 Å². The van der Waals surface area contributed by atoms with Gasteiger partial charge >= 0.3 is 0 Å². The Morgan fingerprint density at radius 2 is 1.95 bits per heavy atom. The molecule has 0 aliphatic rings. The van der Waals surface area contributed by atoms with Gasteiger partial charge in [-0.1, -0.05) is 39.0 Å². The van der Waals surface area contributed by atoms with Gasteiger partial charge in [0, 0.05) is 19.2 Å². The molecule has 0 saturated heterocycles. The third kappa shape index (κ3) is 2.67. The molecule has 2 N–H and O–H groups in total. The first kappa shape index (κ1) is 15.3. The molecule has 1 aromatic heterocycles. The molecular formula is C16H22BrN3. The van der Waals surface area contributed by atoms with E-state index in [0.717, 1.165) is 21.4 Å². The maximum Gasteiger partial charge on any atom is 0.107 e. The zero-order valence-electron chi connectivity index (χ0n) is 12.8. The molecule has 0 unspecified atom stereocenters. The average Bonchev–Trinajstić information content (AvgIpc) is 2.63. The molecule has 0 radical (unpaired) electrons. The summed E-state index contributed by atoms with van der Waals surface area (Å²) in [7, 11) is 1.93. The number of halogens is 1. The Kier molecular flexibility index (Phi) is 4.07. The van der Waals surface area contributed by atoms with Crippen molar-refractivity contribution < 1.29 is 0 Å². The second kappa shape index (κ2) is 5.34. The fourth-order valence-electron chi connectivity index (χ4n) is 2.32. The van der Waals surface area contributed by atoms with E-state index < -0.39 is 0 Å². The maximum absolute atomic E-state index is 5.77. The Bertz CT molecular complexity index is 636. The molecular weight excluding hydrogens is 314 g/mol. The standard InChI is InChI=1S/C16H22BrN3/c1-10-8-11(16(2,3)4)6-7-12(10)15-14(17)13(9-18)20(5)19-15/h6-8H,9,18H2,1-5H3. The van der Waals surface area contributed by atoms with E-state index in [2.05, 4.69) is 66.9 Å². The van der Waals surface area contributed by atoms with Crippen LogP contribution < -0.4 is 5.73 Å². The molecule has 2 rings (SSSR count). The van der Waals surface area contributed by atoms with E-state index in [9.17, 15) is 0 Å². The van der Waals surface area contributed by atoms with Crippen LogP contribution >= 0.6 is 15.9 Å². The predicted molar refractivity (Wildman–Crippen MR) is 87.7 cm³/mol. The molecule has 0 bridgehead atoms. The number of hydrogen-bond donors (Lipinski definition) is 1. The zero-order valence-corrected chi connectivity index (χ0v) is 14.4. The second-order valence-electron chi connectivity index (χ2n) is 6.22. The summed E-state index contributed by atoms with van der Waals surface area (Å²) in [5, 5.41) is 4.59. The van der Waals surface area contributed by atoms with Crippen molar-refractivity contribution in [3.63, 3.8) is 0 Å². The minimum atomic E-state index is 0.160. The first-order chi connectivity index (χ1) is 9.25. The maximum atomic E-state index is 5.77. The normalized spacial score (nSPS) is 11.9. The third-order valence-corrected chi connectivity index (χ3v) is 4.48. The van der Waals surface area contributed by atoms with Crippen molar-refractivity contribution in [1.82, 2.24) is 9.78 Å². The Hall–Kier alpha value is -1.13. The van der Waals surface area contributed by atoms with Crippen molar-refractivity contribution in [2.24, 2.45) is 12.8 Å². The number of nitrogens with two attached hydrogens (primary N) is 1. The van der Waals surface area contributed by atoms with Gasteiger partial charge in [0.15, 0.2) is 0 Å². The fraction of sp³-hybridized carbons (Fsp3) is 0.438. The molecule has 20 heavy (non-hydrogen) atoms. The largest absolute Gasteiger partial charge is 0.325 e. The molecule has 0 saturated carbocycles. The molecule has 4 heteroatoms. The summed E-state index contributed by atoms with van der Waals surface area (Å²) >= 11 is 3.63. The summed E-state index contributed by atoms with van der Waals surface area (Å²) in [5.41, 5.74) is 11.6. The van der Waals surface area contributed by atoms with Crippen LogP contribution in [0.25, 0.3) is 11.3 Å². The average molecular weight is 336 g/mol. The van der Waals surface area contributed by atoms with Crippen LogP contribution in [0.15, 0.2) is 22.7 Å². The van der Waals surface area contributed by atoms with Crippen molar-refractivity contribution in [3.8, 4) is 11.3 Å². The Morgan fingerprint density at radius 1 is 1.30 bits per heavy atom. The molecule has 1 aromatic carbocycles. The minimum Gasteiger partial charge on any atom is -0.325 e. The van der Waals surface area contributed by atoms with E-state index in [4.69, 9.17) is 5.73 Å². The van der Waals surface area contributed by atoms with Gasteiger partial charge in [-0.15, -0.1) is 0 Å². The molecule has 2 aromatic rings. The van der Waals surface area contributed by atoms with Crippen LogP contribution in [0.4, 0.5) is 0 Å². The van der Waals surface area contributed by atoms with Gasteiger partial charge in [0.1, 0.15) is 5.69 Å². The van der Waals surface area contributed by atoms with Gasteiger partial charge in [0.05, 0.1) is 10.2 Å². The van der Waals surface area contributed by atoms with Crippen molar-refractivity contribution in [2.75, 3.05) is 0 Å². The van der Waals surface area contributed by atoms with Crippen molar-refractivity contribution in [1.29, 1.82) is 0 Å². The quantitative estimate of drug-likeness (QED) is 0.903. The van der Waals surface area contributed by atoms with Crippen LogP contribution in [0.2, 0.25) is 0 Å². The van der Waals surface area contributed by atoms with E-state index in [-0.39, 0.29) is 5.41 Å². The third-order valence-electron chi connectivity index (χ3n) is 3.64. The summed E-state index contributed by atoms with van der Waals surface area (Å²) in [4.78, 5) is 0. The van der Waals surface area contributed by atoms with Gasteiger partial charge in [0.2, 0.25) is 0 Å². The highest BCUT2D eigenvalue weighted by Gasteiger charge is 2.18. The summed E-state index contributed by atoms with van der Waals surface area (Å²) in [6, 6.07) is 6.59. The molecule has 0 amide bonds. The van der Waals surface area contributed by atoms with Gasteiger partial charge in [-0.2, -0.15) is 5.10 Å². The lowest BCUT2D eigenvalue weighted by Gasteiger charge is -2.20. The van der Waals surface area contributed by atoms with E-state index >= 15 is 0 Å². The summed E-state index contributed by atoms with van der Waals surface area (Å²) in [5.74, 6) is 0. The SMILES string of the molecule is Cc1cc(C(C)(C)C)ccc1-c1nn(C)c(CN)c1Br. The lowest BCUT2D eigenvalue weighted by atomic mass is 9.85. The van der Waals surface area contributed by atoms with Crippen LogP contribution in [-0.2, 0) is 19.0 Å². The summed E-state index contributed by atoms with van der Waals surface area (Å²) in [6.45, 7) is 9.29. The Morgan fingerprint density at radius 3 is 2.40 bits per heavy atom. The van der Waals surface area contributed by atoms with Gasteiger partial charge in [0.25, 0.3) is 0 Å². The van der Waals surface area contributed by atoms with E-state index in [1.165, 1.54) is 11.1 Å². The number of aryl methyl sites for hydroxylation is 2. The van der Waals surface area contributed by atoms with E-state index in [1.807, 2.05) is 11.7 Å². The lowest BCUT2D eigenvalue weighted by molar-refractivity contribution is 0.590. The predicted octanol–water partition coefficient (Wildman–Crippen LogP) is 3.91. The molecule has 0 aliphatic carbocycles. The molecule has 1 heterocycles. The zero-order chi connectivity index (χ0) is 15.1. The Labute approximate surface area is 129 Å². The number of aromatic nitrogens is 2. The molecule has 3 nitrogen and oxygen atoms in total. The highest BCUT2D eigenvalue weighted by Crippen LogP contribution is 2.34. The van der Waals surface area contributed by atoms with Crippen molar-refractivity contribution in [3.05, 3.63) is 39.5 Å². The second-order valence-corrected chi connectivity index (χ2v) is 7.01.